The third kappa shape index (κ3) is 5.17. The maximum atomic E-state index is 12.5. The van der Waals surface area contributed by atoms with Crippen molar-refractivity contribution in [2.75, 3.05) is 45.9 Å². The normalized spacial score (nSPS) is 20.8. The van der Waals surface area contributed by atoms with E-state index in [1.807, 2.05) is 41.0 Å². The molecule has 0 aliphatic carbocycles. The van der Waals surface area contributed by atoms with Crippen molar-refractivity contribution in [1.29, 1.82) is 0 Å². The van der Waals surface area contributed by atoms with Gasteiger partial charge in [0.05, 0.1) is 13.2 Å². The lowest BCUT2D eigenvalue weighted by atomic mass is 10.1. The molecule has 0 spiro atoms. The summed E-state index contributed by atoms with van der Waals surface area (Å²) in [5.41, 5.74) is 1.85. The fourth-order valence-electron chi connectivity index (χ4n) is 3.13. The van der Waals surface area contributed by atoms with Crippen LogP contribution in [-0.2, 0) is 9.53 Å². The average Bonchev–Trinajstić information content (AvgIpc) is 2.63. The molecule has 2 saturated heterocycles. The highest BCUT2D eigenvalue weighted by Crippen LogP contribution is 2.12. The molecule has 3 rings (SSSR count). The lowest BCUT2D eigenvalue weighted by Crippen LogP contribution is -2.52. The first-order chi connectivity index (χ1) is 11.6. The van der Waals surface area contributed by atoms with Gasteiger partial charge in [-0.15, -0.1) is 12.4 Å². The number of ether oxygens (including phenoxy) is 1. The SMILES string of the molecule is Cc1ccc(C(=O)N2CCN(C(=O)CC3COCCN3)CC2)cc1.Cl. The van der Waals surface area contributed by atoms with Crippen LogP contribution in [0.4, 0.5) is 0 Å². The Kier molecular flexibility index (Phi) is 7.23. The molecule has 0 bridgehead atoms. The highest BCUT2D eigenvalue weighted by Gasteiger charge is 2.26. The summed E-state index contributed by atoms with van der Waals surface area (Å²) in [6.07, 6.45) is 0.464. The smallest absolute Gasteiger partial charge is 0.253 e. The number of amides is 2. The molecule has 1 atom stereocenters. The third-order valence-electron chi connectivity index (χ3n) is 4.64. The molecule has 2 amide bonds. The summed E-state index contributed by atoms with van der Waals surface area (Å²) in [5, 5.41) is 3.31. The van der Waals surface area contributed by atoms with Gasteiger partial charge in [-0.3, -0.25) is 9.59 Å². The van der Waals surface area contributed by atoms with Gasteiger partial charge in [0.25, 0.3) is 5.91 Å². The van der Waals surface area contributed by atoms with Gasteiger partial charge in [0.2, 0.25) is 5.91 Å². The molecular weight excluding hydrogens is 342 g/mol. The number of nitrogens with zero attached hydrogens (tertiary/aromatic N) is 2. The van der Waals surface area contributed by atoms with Crippen LogP contribution in [0.15, 0.2) is 24.3 Å². The van der Waals surface area contributed by atoms with Crippen molar-refractivity contribution in [1.82, 2.24) is 15.1 Å². The molecule has 2 heterocycles. The second-order valence-electron chi connectivity index (χ2n) is 6.47. The van der Waals surface area contributed by atoms with Gasteiger partial charge < -0.3 is 19.9 Å². The lowest BCUT2D eigenvalue weighted by molar-refractivity contribution is -0.133. The summed E-state index contributed by atoms with van der Waals surface area (Å²) in [4.78, 5) is 28.6. The molecule has 1 unspecified atom stereocenters. The van der Waals surface area contributed by atoms with E-state index in [0.717, 1.165) is 12.1 Å². The number of piperazine rings is 1. The first-order valence-corrected chi connectivity index (χ1v) is 8.58. The molecule has 25 heavy (non-hydrogen) atoms. The van der Waals surface area contributed by atoms with Crippen molar-refractivity contribution in [3.63, 3.8) is 0 Å². The van der Waals surface area contributed by atoms with Gasteiger partial charge in [-0.25, -0.2) is 0 Å². The van der Waals surface area contributed by atoms with Gasteiger partial charge in [-0.1, -0.05) is 17.7 Å². The molecule has 0 saturated carbocycles. The maximum Gasteiger partial charge on any atom is 0.253 e. The quantitative estimate of drug-likeness (QED) is 0.868. The number of benzene rings is 1. The Morgan fingerprint density at radius 3 is 2.36 bits per heavy atom. The molecule has 2 aliphatic rings. The first-order valence-electron chi connectivity index (χ1n) is 8.58. The average molecular weight is 368 g/mol. The summed E-state index contributed by atoms with van der Waals surface area (Å²) in [6, 6.07) is 7.74. The van der Waals surface area contributed by atoms with Crippen LogP contribution in [0, 0.1) is 6.92 Å². The van der Waals surface area contributed by atoms with Crippen LogP contribution < -0.4 is 5.32 Å². The number of hydrogen-bond acceptors (Lipinski definition) is 4. The maximum absolute atomic E-state index is 12.5. The Hall–Kier alpha value is -1.63. The Morgan fingerprint density at radius 2 is 1.76 bits per heavy atom. The molecule has 2 fully saturated rings. The Balaban J connectivity index is 0.00000225. The minimum atomic E-state index is 0. The lowest BCUT2D eigenvalue weighted by Gasteiger charge is -2.36. The Morgan fingerprint density at radius 1 is 1.12 bits per heavy atom. The molecule has 2 aliphatic heterocycles. The van der Waals surface area contributed by atoms with E-state index in [1.54, 1.807) is 0 Å². The largest absolute Gasteiger partial charge is 0.378 e. The van der Waals surface area contributed by atoms with E-state index in [1.165, 1.54) is 0 Å². The van der Waals surface area contributed by atoms with Crippen LogP contribution in [0.25, 0.3) is 0 Å². The van der Waals surface area contributed by atoms with Crippen molar-refractivity contribution >= 4 is 24.2 Å². The van der Waals surface area contributed by atoms with Crippen molar-refractivity contribution in [2.24, 2.45) is 0 Å². The molecule has 6 nitrogen and oxygen atoms in total. The number of aryl methyl sites for hydroxylation is 1. The number of carbonyl (C=O) groups is 2. The summed E-state index contributed by atoms with van der Waals surface area (Å²) in [6.45, 7) is 6.50. The van der Waals surface area contributed by atoms with E-state index in [4.69, 9.17) is 4.74 Å². The van der Waals surface area contributed by atoms with Crippen LogP contribution in [0.5, 0.6) is 0 Å². The van der Waals surface area contributed by atoms with Gasteiger partial charge in [0, 0.05) is 50.7 Å². The molecule has 1 aromatic rings. The second kappa shape index (κ2) is 9.17. The van der Waals surface area contributed by atoms with Crippen molar-refractivity contribution in [3.8, 4) is 0 Å². The highest BCUT2D eigenvalue weighted by atomic mass is 35.5. The summed E-state index contributed by atoms with van der Waals surface area (Å²) >= 11 is 0. The van der Waals surface area contributed by atoms with E-state index < -0.39 is 0 Å². The standard InChI is InChI=1S/C18H25N3O3.ClH/c1-14-2-4-15(5-3-14)18(23)21-9-7-20(8-10-21)17(22)12-16-13-24-11-6-19-16;/h2-5,16,19H,6-13H2,1H3;1H. The Bertz CT molecular complexity index is 580. The predicted octanol–water partition coefficient (Wildman–Crippen LogP) is 1.08. The topological polar surface area (TPSA) is 61.9 Å². The molecular formula is C18H26ClN3O3. The van der Waals surface area contributed by atoms with E-state index in [-0.39, 0.29) is 30.3 Å². The molecule has 138 valence electrons. The predicted molar refractivity (Wildman–Crippen MR) is 98.1 cm³/mol. The van der Waals surface area contributed by atoms with Gasteiger partial charge >= 0.3 is 0 Å². The molecule has 0 radical (unpaired) electrons. The molecule has 1 N–H and O–H groups in total. The molecule has 0 aromatic heterocycles. The number of rotatable bonds is 3. The van der Waals surface area contributed by atoms with E-state index in [2.05, 4.69) is 5.32 Å². The zero-order valence-corrected chi connectivity index (χ0v) is 15.4. The van der Waals surface area contributed by atoms with Crippen LogP contribution in [0.1, 0.15) is 22.3 Å². The monoisotopic (exact) mass is 367 g/mol. The fourth-order valence-corrected chi connectivity index (χ4v) is 3.13. The summed E-state index contributed by atoms with van der Waals surface area (Å²) in [7, 11) is 0. The van der Waals surface area contributed by atoms with Crippen molar-refractivity contribution in [3.05, 3.63) is 35.4 Å². The van der Waals surface area contributed by atoms with Crippen LogP contribution in [0.3, 0.4) is 0 Å². The minimum absolute atomic E-state index is 0. The van der Waals surface area contributed by atoms with E-state index in [9.17, 15) is 9.59 Å². The zero-order chi connectivity index (χ0) is 16.9. The first kappa shape index (κ1) is 19.7. The van der Waals surface area contributed by atoms with Crippen LogP contribution in [0.2, 0.25) is 0 Å². The summed E-state index contributed by atoms with van der Waals surface area (Å²) < 4.78 is 5.39. The van der Waals surface area contributed by atoms with Crippen molar-refractivity contribution in [2.45, 2.75) is 19.4 Å². The van der Waals surface area contributed by atoms with Crippen LogP contribution >= 0.6 is 12.4 Å². The molecule has 1 aromatic carbocycles. The number of hydrogen-bond donors (Lipinski definition) is 1. The Labute approximate surface area is 154 Å². The van der Waals surface area contributed by atoms with Crippen LogP contribution in [-0.4, -0.2) is 73.6 Å². The number of morpholine rings is 1. The number of nitrogens with one attached hydrogen (secondary N) is 1. The third-order valence-corrected chi connectivity index (χ3v) is 4.64. The van der Waals surface area contributed by atoms with Crippen molar-refractivity contribution < 1.29 is 14.3 Å². The van der Waals surface area contributed by atoms with Gasteiger partial charge in [-0.2, -0.15) is 0 Å². The van der Waals surface area contributed by atoms with Gasteiger partial charge in [0.1, 0.15) is 0 Å². The highest BCUT2D eigenvalue weighted by molar-refractivity contribution is 5.94. The van der Waals surface area contributed by atoms with E-state index in [0.29, 0.717) is 51.4 Å². The second-order valence-corrected chi connectivity index (χ2v) is 6.47. The number of carbonyl (C=O) groups excluding carboxylic acids is 2. The van der Waals surface area contributed by atoms with Gasteiger partial charge in [-0.05, 0) is 19.1 Å². The summed E-state index contributed by atoms with van der Waals surface area (Å²) in [5.74, 6) is 0.185. The molecule has 7 heteroatoms. The van der Waals surface area contributed by atoms with Gasteiger partial charge in [0.15, 0.2) is 0 Å². The number of halogens is 1. The minimum Gasteiger partial charge on any atom is -0.378 e. The fraction of sp³-hybridized carbons (Fsp3) is 0.556. The zero-order valence-electron chi connectivity index (χ0n) is 14.6. The van der Waals surface area contributed by atoms with E-state index >= 15 is 0 Å².